The third-order valence-electron chi connectivity index (χ3n) is 4.59. The second kappa shape index (κ2) is 8.64. The van der Waals surface area contributed by atoms with E-state index in [0.717, 1.165) is 0 Å². The number of carbonyl (C=O) groups is 3. The Balaban J connectivity index is 5.72. The predicted octanol–water partition coefficient (Wildman–Crippen LogP) is 2.86. The summed E-state index contributed by atoms with van der Waals surface area (Å²) in [7, 11) is 0. The molecule has 3 N–H and O–H groups in total. The lowest BCUT2D eigenvalue weighted by atomic mass is 9.59. The van der Waals surface area contributed by atoms with Crippen LogP contribution in [0.2, 0.25) is 0 Å². The maximum atomic E-state index is 11.3. The number of rotatable bonds is 11. The second-order valence-corrected chi connectivity index (χ2v) is 5.56. The van der Waals surface area contributed by atoms with Crippen molar-refractivity contribution in [3.8, 4) is 0 Å². The van der Waals surface area contributed by atoms with Gasteiger partial charge in [0.15, 0.2) is 0 Å². The molecule has 2 atom stereocenters. The molecule has 0 fully saturated rings. The zero-order chi connectivity index (χ0) is 16.6. The van der Waals surface area contributed by atoms with Gasteiger partial charge in [0.1, 0.15) is 0 Å². The molecule has 0 radical (unpaired) electrons. The van der Waals surface area contributed by atoms with Crippen LogP contribution in [0.15, 0.2) is 0 Å². The van der Waals surface area contributed by atoms with Gasteiger partial charge in [-0.05, 0) is 23.7 Å². The molecule has 0 saturated heterocycles. The minimum absolute atomic E-state index is 0.131. The van der Waals surface area contributed by atoms with Gasteiger partial charge in [-0.3, -0.25) is 14.4 Å². The highest BCUT2D eigenvalue weighted by Crippen LogP contribution is 2.48. The summed E-state index contributed by atoms with van der Waals surface area (Å²) in [4.78, 5) is 33.5. The molecule has 6 nitrogen and oxygen atoms in total. The van der Waals surface area contributed by atoms with E-state index in [9.17, 15) is 19.5 Å². The normalized spacial score (nSPS) is 16.7. The topological polar surface area (TPSA) is 112 Å². The highest BCUT2D eigenvalue weighted by atomic mass is 16.4. The fraction of sp³-hybridized carbons (Fsp3) is 0.800. The molecule has 0 aromatic heterocycles. The SMILES string of the molecule is CCC(CC(=O)O)C(CC)(CC(=O)O)C(CC)CC(=O)O. The van der Waals surface area contributed by atoms with Crippen LogP contribution in [0.4, 0.5) is 0 Å². The lowest BCUT2D eigenvalue weighted by Gasteiger charge is -2.44. The Kier molecular flexibility index (Phi) is 7.99. The van der Waals surface area contributed by atoms with Crippen molar-refractivity contribution in [2.45, 2.75) is 59.3 Å². The van der Waals surface area contributed by atoms with E-state index in [2.05, 4.69) is 0 Å². The fourth-order valence-electron chi connectivity index (χ4n) is 3.54. The fourth-order valence-corrected chi connectivity index (χ4v) is 3.54. The van der Waals surface area contributed by atoms with Crippen molar-refractivity contribution in [1.29, 1.82) is 0 Å². The Bertz CT molecular complexity index is 352. The van der Waals surface area contributed by atoms with Gasteiger partial charge in [-0.2, -0.15) is 0 Å². The quantitative estimate of drug-likeness (QED) is 0.541. The molecule has 0 heterocycles. The van der Waals surface area contributed by atoms with Crippen molar-refractivity contribution in [3.63, 3.8) is 0 Å². The van der Waals surface area contributed by atoms with Crippen molar-refractivity contribution in [1.82, 2.24) is 0 Å². The molecule has 6 heteroatoms. The van der Waals surface area contributed by atoms with Gasteiger partial charge >= 0.3 is 17.9 Å². The van der Waals surface area contributed by atoms with Crippen LogP contribution in [-0.4, -0.2) is 33.2 Å². The van der Waals surface area contributed by atoms with Crippen LogP contribution in [0.25, 0.3) is 0 Å². The van der Waals surface area contributed by atoms with Gasteiger partial charge in [0, 0.05) is 12.8 Å². The van der Waals surface area contributed by atoms with Crippen molar-refractivity contribution >= 4 is 17.9 Å². The molecule has 0 aromatic rings. The summed E-state index contributed by atoms with van der Waals surface area (Å²) in [5.74, 6) is -3.66. The van der Waals surface area contributed by atoms with Crippen LogP contribution >= 0.6 is 0 Å². The molecule has 0 rings (SSSR count). The number of hydrogen-bond acceptors (Lipinski definition) is 3. The molecule has 0 aliphatic carbocycles. The molecule has 21 heavy (non-hydrogen) atoms. The van der Waals surface area contributed by atoms with Crippen LogP contribution in [0, 0.1) is 17.3 Å². The van der Waals surface area contributed by atoms with E-state index < -0.39 is 23.3 Å². The van der Waals surface area contributed by atoms with E-state index in [4.69, 9.17) is 10.2 Å². The monoisotopic (exact) mass is 302 g/mol. The third-order valence-corrected chi connectivity index (χ3v) is 4.59. The van der Waals surface area contributed by atoms with Crippen LogP contribution in [0.3, 0.4) is 0 Å². The van der Waals surface area contributed by atoms with Crippen LogP contribution in [-0.2, 0) is 14.4 Å². The summed E-state index contributed by atoms with van der Waals surface area (Å²) < 4.78 is 0. The molecular formula is C15H26O6. The molecule has 0 spiro atoms. The minimum Gasteiger partial charge on any atom is -0.481 e. The number of carboxylic acid groups (broad SMARTS) is 3. The van der Waals surface area contributed by atoms with E-state index in [1.165, 1.54) is 0 Å². The maximum Gasteiger partial charge on any atom is 0.303 e. The highest BCUT2D eigenvalue weighted by Gasteiger charge is 2.45. The first kappa shape index (κ1) is 19.4. The third kappa shape index (κ3) is 5.36. The van der Waals surface area contributed by atoms with Crippen molar-refractivity contribution in [2.75, 3.05) is 0 Å². The van der Waals surface area contributed by atoms with Crippen molar-refractivity contribution < 1.29 is 29.7 Å². The Hall–Kier alpha value is -1.59. The Labute approximate surface area is 125 Å². The Morgan fingerprint density at radius 2 is 1.19 bits per heavy atom. The van der Waals surface area contributed by atoms with Gasteiger partial charge in [-0.1, -0.05) is 33.6 Å². The first-order chi connectivity index (χ1) is 9.73. The van der Waals surface area contributed by atoms with Gasteiger partial charge in [-0.15, -0.1) is 0 Å². The zero-order valence-electron chi connectivity index (χ0n) is 13.0. The van der Waals surface area contributed by atoms with E-state index in [1.807, 2.05) is 20.8 Å². The van der Waals surface area contributed by atoms with Crippen LogP contribution in [0.1, 0.15) is 59.3 Å². The predicted molar refractivity (Wildman–Crippen MR) is 77.0 cm³/mol. The second-order valence-electron chi connectivity index (χ2n) is 5.56. The lowest BCUT2D eigenvalue weighted by molar-refractivity contribution is -0.150. The molecule has 0 aliphatic rings. The summed E-state index contributed by atoms with van der Waals surface area (Å²) in [5, 5.41) is 27.4. The number of aliphatic carboxylic acids is 3. The summed E-state index contributed by atoms with van der Waals surface area (Å²) in [6.07, 6.45) is 1.03. The maximum absolute atomic E-state index is 11.3. The molecule has 0 aromatic carbocycles. The standard InChI is InChI=1S/C15H26O6/c1-4-10(7-12(16)17)15(6-3,9-14(20)21)11(5-2)8-13(18)19/h10-11H,4-9H2,1-3H3,(H,16,17)(H,18,19)(H,20,21). The van der Waals surface area contributed by atoms with Gasteiger partial charge in [0.25, 0.3) is 0 Å². The zero-order valence-corrected chi connectivity index (χ0v) is 13.0. The molecule has 0 bridgehead atoms. The average molecular weight is 302 g/mol. The van der Waals surface area contributed by atoms with Crippen molar-refractivity contribution in [2.24, 2.45) is 17.3 Å². The smallest absolute Gasteiger partial charge is 0.303 e. The number of carboxylic acids is 3. The number of hydrogen-bond donors (Lipinski definition) is 3. The molecule has 0 saturated carbocycles. The average Bonchev–Trinajstić information content (AvgIpc) is 2.39. The first-order valence-corrected chi connectivity index (χ1v) is 7.38. The summed E-state index contributed by atoms with van der Waals surface area (Å²) in [6.45, 7) is 5.47. The van der Waals surface area contributed by atoms with Crippen LogP contribution in [0.5, 0.6) is 0 Å². The van der Waals surface area contributed by atoms with E-state index in [1.54, 1.807) is 0 Å². The highest BCUT2D eigenvalue weighted by molar-refractivity contribution is 5.70. The lowest BCUT2D eigenvalue weighted by Crippen LogP contribution is -2.41. The van der Waals surface area contributed by atoms with Gasteiger partial charge < -0.3 is 15.3 Å². The summed E-state index contributed by atoms with van der Waals surface area (Å²) >= 11 is 0. The van der Waals surface area contributed by atoms with Gasteiger partial charge in [-0.25, -0.2) is 0 Å². The largest absolute Gasteiger partial charge is 0.481 e. The van der Waals surface area contributed by atoms with Gasteiger partial charge in [0.05, 0.1) is 6.42 Å². The molecular weight excluding hydrogens is 276 g/mol. The molecule has 122 valence electrons. The molecule has 0 amide bonds. The van der Waals surface area contributed by atoms with E-state index in [0.29, 0.717) is 19.3 Å². The Morgan fingerprint density at radius 1 is 0.810 bits per heavy atom. The van der Waals surface area contributed by atoms with E-state index >= 15 is 0 Å². The Morgan fingerprint density at radius 3 is 1.38 bits per heavy atom. The van der Waals surface area contributed by atoms with Crippen molar-refractivity contribution in [3.05, 3.63) is 0 Å². The van der Waals surface area contributed by atoms with E-state index in [-0.39, 0.29) is 31.1 Å². The first-order valence-electron chi connectivity index (χ1n) is 7.38. The summed E-state index contributed by atoms with van der Waals surface area (Å²) in [5.41, 5.74) is -0.799. The molecule has 0 aliphatic heterocycles. The van der Waals surface area contributed by atoms with Crippen LogP contribution < -0.4 is 0 Å². The molecule has 2 unspecified atom stereocenters. The van der Waals surface area contributed by atoms with Gasteiger partial charge in [0.2, 0.25) is 0 Å². The summed E-state index contributed by atoms with van der Waals surface area (Å²) in [6, 6.07) is 0. The minimum atomic E-state index is -1.01.